The molecule has 1 aliphatic heterocycles. The first-order valence-corrected chi connectivity index (χ1v) is 13.0. The third kappa shape index (κ3) is 3.02. The number of rotatable bonds is 2. The van der Waals surface area contributed by atoms with Crippen LogP contribution in [0.1, 0.15) is 79.6 Å². The number of allylic oxidation sites excluding steroid dienone is 1. The summed E-state index contributed by atoms with van der Waals surface area (Å²) in [6, 6.07) is 0. The van der Waals surface area contributed by atoms with Gasteiger partial charge in [-0.3, -0.25) is 4.79 Å². The lowest BCUT2D eigenvalue weighted by atomic mass is 9.45. The molecule has 0 aromatic carbocycles. The zero-order valence-electron chi connectivity index (χ0n) is 21.3. The molecule has 1 saturated heterocycles. The van der Waals surface area contributed by atoms with Crippen molar-refractivity contribution in [1.82, 2.24) is 0 Å². The van der Waals surface area contributed by atoms with E-state index >= 15 is 0 Å². The molecule has 5 rings (SSSR count). The monoisotopic (exact) mass is 474 g/mol. The predicted molar refractivity (Wildman–Crippen MR) is 128 cm³/mol. The molecule has 6 nitrogen and oxygen atoms in total. The van der Waals surface area contributed by atoms with Crippen LogP contribution in [0.3, 0.4) is 0 Å². The minimum absolute atomic E-state index is 0.0273. The molecule has 1 heterocycles. The van der Waals surface area contributed by atoms with Crippen LogP contribution in [-0.2, 0) is 9.53 Å². The number of carbonyl (C=O) groups excluding carboxylic acids is 1. The molecule has 0 bridgehead atoms. The molecule has 4 fully saturated rings. The maximum absolute atomic E-state index is 13.3. The molecule has 190 valence electrons. The van der Waals surface area contributed by atoms with Gasteiger partial charge in [0, 0.05) is 11.3 Å². The van der Waals surface area contributed by atoms with Gasteiger partial charge in [-0.2, -0.15) is 0 Å². The van der Waals surface area contributed by atoms with Crippen molar-refractivity contribution < 1.29 is 30.0 Å². The zero-order chi connectivity index (χ0) is 25.1. The molecular weight excluding hydrogens is 432 g/mol. The van der Waals surface area contributed by atoms with Crippen molar-refractivity contribution in [3.63, 3.8) is 0 Å². The van der Waals surface area contributed by atoms with Crippen LogP contribution in [0.15, 0.2) is 23.8 Å². The van der Waals surface area contributed by atoms with Crippen molar-refractivity contribution in [2.75, 3.05) is 0 Å². The van der Waals surface area contributed by atoms with Gasteiger partial charge in [0.2, 0.25) is 0 Å². The fraction of sp³-hybridized carbons (Fsp3) is 0.821. The Labute approximate surface area is 203 Å². The van der Waals surface area contributed by atoms with Crippen LogP contribution in [0.2, 0.25) is 0 Å². The highest BCUT2D eigenvalue weighted by atomic mass is 16.5. The molecule has 0 unspecified atom stereocenters. The average Bonchev–Trinajstić information content (AvgIpc) is 3.17. The molecule has 0 aromatic heterocycles. The minimum Gasteiger partial charge on any atom is -0.390 e. The lowest BCUT2D eigenvalue weighted by Crippen LogP contribution is -2.62. The van der Waals surface area contributed by atoms with E-state index in [0.29, 0.717) is 25.7 Å². The van der Waals surface area contributed by atoms with Crippen molar-refractivity contribution in [3.8, 4) is 0 Å². The highest BCUT2D eigenvalue weighted by Gasteiger charge is 2.69. The fourth-order valence-electron chi connectivity index (χ4n) is 8.81. The summed E-state index contributed by atoms with van der Waals surface area (Å²) in [7, 11) is 0. The summed E-state index contributed by atoms with van der Waals surface area (Å²) >= 11 is 0. The third-order valence-corrected chi connectivity index (χ3v) is 11.2. The van der Waals surface area contributed by atoms with Crippen molar-refractivity contribution in [1.29, 1.82) is 0 Å². The van der Waals surface area contributed by atoms with Crippen LogP contribution >= 0.6 is 0 Å². The Kier molecular flexibility index (Phi) is 5.26. The van der Waals surface area contributed by atoms with Gasteiger partial charge in [0.1, 0.15) is 0 Å². The summed E-state index contributed by atoms with van der Waals surface area (Å²) < 4.78 is 6.28. The molecule has 4 aliphatic carbocycles. The largest absolute Gasteiger partial charge is 0.390 e. The van der Waals surface area contributed by atoms with E-state index < -0.39 is 45.9 Å². The molecule has 0 spiro atoms. The first kappa shape index (κ1) is 24.6. The molecule has 6 heteroatoms. The molecule has 4 N–H and O–H groups in total. The number of hydrogen-bond donors (Lipinski definition) is 4. The van der Waals surface area contributed by atoms with E-state index in [0.717, 1.165) is 24.0 Å². The summed E-state index contributed by atoms with van der Waals surface area (Å²) in [4.78, 5) is 13.3. The lowest BCUT2D eigenvalue weighted by Gasteiger charge is -2.60. The van der Waals surface area contributed by atoms with Gasteiger partial charge in [-0.15, -0.1) is 0 Å². The Morgan fingerprint density at radius 3 is 2.38 bits per heavy atom. The number of ketones is 1. The summed E-state index contributed by atoms with van der Waals surface area (Å²) in [5.41, 5.74) is -2.18. The second kappa shape index (κ2) is 7.25. The van der Waals surface area contributed by atoms with Gasteiger partial charge in [0.05, 0.1) is 35.1 Å². The van der Waals surface area contributed by atoms with Crippen LogP contribution in [0.25, 0.3) is 0 Å². The van der Waals surface area contributed by atoms with Crippen LogP contribution in [0.5, 0.6) is 0 Å². The van der Waals surface area contributed by atoms with Crippen molar-refractivity contribution >= 4 is 5.78 Å². The molecule has 0 aromatic rings. The normalized spacial score (nSPS) is 51.9. The first-order valence-electron chi connectivity index (χ1n) is 13.0. The van der Waals surface area contributed by atoms with Crippen LogP contribution in [0, 0.1) is 28.6 Å². The number of fused-ring (bicyclic) bond motifs is 5. The molecule has 10 atom stereocenters. The Balaban J connectivity index is 1.51. The average molecular weight is 475 g/mol. The van der Waals surface area contributed by atoms with Gasteiger partial charge in [-0.05, 0) is 100 Å². The van der Waals surface area contributed by atoms with Crippen LogP contribution in [0.4, 0.5) is 0 Å². The number of aliphatic hydroxyl groups excluding tert-OH is 2. The van der Waals surface area contributed by atoms with E-state index in [1.54, 1.807) is 6.08 Å². The minimum atomic E-state index is -1.19. The zero-order valence-corrected chi connectivity index (χ0v) is 21.3. The standard InChI is InChI=1S/C28H42O6/c1-15-11-23(34-24(15,2)3)27(6,32)22-8-10-28(33)17-12-19(29)18-13-20(30)21(31)14-25(18,4)16(17)7-9-26(22,28)5/h12,16,18,20-23,30-33H,1,7-11,13-14H2,2-6H3/t16-,18-,20+,21-,22-,23-,25+,26+,27+,28+/m0/s1. The molecule has 3 saturated carbocycles. The first-order chi connectivity index (χ1) is 15.6. The van der Waals surface area contributed by atoms with Crippen LogP contribution < -0.4 is 0 Å². The lowest BCUT2D eigenvalue weighted by molar-refractivity contribution is -0.187. The van der Waals surface area contributed by atoms with Gasteiger partial charge in [0.25, 0.3) is 0 Å². The molecule has 5 aliphatic rings. The van der Waals surface area contributed by atoms with E-state index in [1.165, 1.54) is 0 Å². The summed E-state index contributed by atoms with van der Waals surface area (Å²) in [6.45, 7) is 14.1. The van der Waals surface area contributed by atoms with Crippen molar-refractivity contribution in [2.45, 2.75) is 115 Å². The second-order valence-corrected chi connectivity index (χ2v) is 13.2. The summed E-state index contributed by atoms with van der Waals surface area (Å²) in [6.07, 6.45) is 3.38. The van der Waals surface area contributed by atoms with E-state index in [9.17, 15) is 25.2 Å². The number of carbonyl (C=O) groups is 1. The Morgan fingerprint density at radius 2 is 1.76 bits per heavy atom. The van der Waals surface area contributed by atoms with Gasteiger partial charge in [0.15, 0.2) is 5.78 Å². The number of aliphatic hydroxyl groups is 4. The number of ether oxygens (including phenoxy) is 1. The van der Waals surface area contributed by atoms with Gasteiger partial charge in [-0.1, -0.05) is 20.4 Å². The Morgan fingerprint density at radius 1 is 1.09 bits per heavy atom. The third-order valence-electron chi connectivity index (χ3n) is 11.2. The van der Waals surface area contributed by atoms with E-state index in [-0.39, 0.29) is 30.0 Å². The highest BCUT2D eigenvalue weighted by molar-refractivity contribution is 5.95. The SMILES string of the molecule is C=C1C[C@@H]([C@](C)(O)[C@H]2CC[C@@]3(O)C4=CC(=O)[C@@H]5C[C@@H](O)[C@@H](O)C[C@]5(C)[C@H]4CC[C@]23C)OC1(C)C. The van der Waals surface area contributed by atoms with Crippen molar-refractivity contribution in [3.05, 3.63) is 23.8 Å². The van der Waals surface area contributed by atoms with Gasteiger partial charge in [-0.25, -0.2) is 0 Å². The van der Waals surface area contributed by atoms with Gasteiger partial charge >= 0.3 is 0 Å². The Hall–Kier alpha value is -1.05. The predicted octanol–water partition coefficient (Wildman–Crippen LogP) is 3.07. The molecule has 34 heavy (non-hydrogen) atoms. The highest BCUT2D eigenvalue weighted by Crippen LogP contribution is 2.69. The summed E-state index contributed by atoms with van der Waals surface area (Å²) in [5.74, 6) is -0.615. The van der Waals surface area contributed by atoms with Gasteiger partial charge < -0.3 is 25.2 Å². The van der Waals surface area contributed by atoms with E-state index in [2.05, 4.69) is 20.4 Å². The van der Waals surface area contributed by atoms with Crippen LogP contribution in [-0.4, -0.2) is 61.3 Å². The molecule has 0 radical (unpaired) electrons. The molecular formula is C28H42O6. The molecule has 0 amide bonds. The maximum Gasteiger partial charge on any atom is 0.159 e. The van der Waals surface area contributed by atoms with Crippen molar-refractivity contribution in [2.24, 2.45) is 28.6 Å². The fourth-order valence-corrected chi connectivity index (χ4v) is 8.81. The topological polar surface area (TPSA) is 107 Å². The smallest absolute Gasteiger partial charge is 0.159 e. The second-order valence-electron chi connectivity index (χ2n) is 13.2. The quantitative estimate of drug-likeness (QED) is 0.458. The van der Waals surface area contributed by atoms with E-state index in [4.69, 9.17) is 4.74 Å². The Bertz CT molecular complexity index is 951. The number of hydrogen-bond acceptors (Lipinski definition) is 6. The van der Waals surface area contributed by atoms with E-state index in [1.807, 2.05) is 20.8 Å². The summed E-state index contributed by atoms with van der Waals surface area (Å²) in [5, 5.41) is 45.0. The maximum atomic E-state index is 13.3.